The van der Waals surface area contributed by atoms with Crippen LogP contribution in [0.25, 0.3) is 0 Å². The molecule has 4 nitrogen and oxygen atoms in total. The molecule has 0 saturated heterocycles. The first kappa shape index (κ1) is 13.5. The maximum Gasteiger partial charge on any atom is 0.165 e. The number of aliphatic hydroxyl groups excluding tert-OH is 1. The van der Waals surface area contributed by atoms with Crippen LogP contribution in [0.2, 0.25) is 0 Å². The molecule has 2 rings (SSSR count). The lowest BCUT2D eigenvalue weighted by molar-refractivity contribution is 0.198. The van der Waals surface area contributed by atoms with E-state index < -0.39 is 11.9 Å². The molecule has 1 unspecified atom stereocenters. The molecule has 0 aliphatic rings. The second-order valence-corrected chi connectivity index (χ2v) is 4.36. The lowest BCUT2D eigenvalue weighted by Crippen LogP contribution is -1.99. The van der Waals surface area contributed by atoms with Gasteiger partial charge in [0.15, 0.2) is 11.6 Å². The number of aryl methyl sites for hydroxylation is 1. The second kappa shape index (κ2) is 5.84. The molecule has 0 amide bonds. The van der Waals surface area contributed by atoms with E-state index in [-0.39, 0.29) is 12.4 Å². The van der Waals surface area contributed by atoms with Gasteiger partial charge >= 0.3 is 0 Å². The Morgan fingerprint density at radius 1 is 1.47 bits per heavy atom. The zero-order valence-electron chi connectivity index (χ0n) is 11.0. The monoisotopic (exact) mass is 264 g/mol. The number of aliphatic hydroxyl groups is 1. The van der Waals surface area contributed by atoms with Gasteiger partial charge in [0.25, 0.3) is 0 Å². The van der Waals surface area contributed by atoms with E-state index >= 15 is 0 Å². The third-order valence-electron chi connectivity index (χ3n) is 2.84. The van der Waals surface area contributed by atoms with Gasteiger partial charge in [-0.25, -0.2) is 4.39 Å². The molecule has 0 aliphatic heterocycles. The highest BCUT2D eigenvalue weighted by Gasteiger charge is 2.08. The zero-order valence-corrected chi connectivity index (χ0v) is 11.0. The summed E-state index contributed by atoms with van der Waals surface area (Å²) in [5, 5.41) is 13.5. The van der Waals surface area contributed by atoms with E-state index in [0.29, 0.717) is 5.56 Å². The van der Waals surface area contributed by atoms with Crippen LogP contribution in [-0.2, 0) is 13.2 Å². The Hall–Kier alpha value is -1.88. The van der Waals surface area contributed by atoms with E-state index in [1.165, 1.54) is 12.1 Å². The number of nitrogens with zero attached hydrogens (tertiary/aromatic N) is 2. The molecule has 1 heterocycles. The quantitative estimate of drug-likeness (QED) is 0.903. The van der Waals surface area contributed by atoms with Crippen LogP contribution in [0.4, 0.5) is 4.39 Å². The zero-order chi connectivity index (χ0) is 13.8. The Morgan fingerprint density at radius 3 is 2.84 bits per heavy atom. The van der Waals surface area contributed by atoms with Gasteiger partial charge in [-0.2, -0.15) is 5.10 Å². The van der Waals surface area contributed by atoms with Crippen molar-refractivity contribution in [1.29, 1.82) is 0 Å². The highest BCUT2D eigenvalue weighted by molar-refractivity contribution is 5.30. The van der Waals surface area contributed by atoms with Crippen LogP contribution in [0.15, 0.2) is 30.6 Å². The largest absolute Gasteiger partial charge is 0.486 e. The molecule has 0 fully saturated rings. The minimum atomic E-state index is -0.689. The first-order chi connectivity index (χ1) is 9.10. The molecule has 1 atom stereocenters. The highest BCUT2D eigenvalue weighted by Crippen LogP contribution is 2.22. The molecule has 1 N–H and O–H groups in total. The molecule has 102 valence electrons. The Labute approximate surface area is 111 Å². The van der Waals surface area contributed by atoms with Crippen molar-refractivity contribution in [3.63, 3.8) is 0 Å². The molecule has 1 aromatic heterocycles. The predicted octanol–water partition coefficient (Wildman–Crippen LogP) is 2.67. The number of ether oxygens (including phenoxy) is 1. The van der Waals surface area contributed by atoms with Crippen molar-refractivity contribution in [3.8, 4) is 5.75 Å². The molecule has 2 aromatic rings. The van der Waals surface area contributed by atoms with Crippen molar-refractivity contribution >= 4 is 0 Å². The average Bonchev–Trinajstić information content (AvgIpc) is 2.85. The topological polar surface area (TPSA) is 47.3 Å². The third kappa shape index (κ3) is 3.32. The lowest BCUT2D eigenvalue weighted by Gasteiger charge is -2.09. The smallest absolute Gasteiger partial charge is 0.165 e. The van der Waals surface area contributed by atoms with E-state index in [2.05, 4.69) is 5.10 Å². The number of hydrogen-bond acceptors (Lipinski definition) is 3. The number of halogens is 1. The number of aromatic nitrogens is 2. The van der Waals surface area contributed by atoms with Gasteiger partial charge in [0.2, 0.25) is 0 Å². The summed E-state index contributed by atoms with van der Waals surface area (Å²) in [7, 11) is 0. The Morgan fingerprint density at radius 2 is 2.26 bits per heavy atom. The van der Waals surface area contributed by atoms with Gasteiger partial charge in [0, 0.05) is 18.3 Å². The summed E-state index contributed by atoms with van der Waals surface area (Å²) in [6.07, 6.45) is 2.87. The van der Waals surface area contributed by atoms with Crippen molar-refractivity contribution in [1.82, 2.24) is 9.78 Å². The number of benzene rings is 1. The van der Waals surface area contributed by atoms with Crippen molar-refractivity contribution in [2.75, 3.05) is 0 Å². The summed E-state index contributed by atoms with van der Waals surface area (Å²) < 4.78 is 20.9. The van der Waals surface area contributed by atoms with Crippen LogP contribution in [0.3, 0.4) is 0 Å². The summed E-state index contributed by atoms with van der Waals surface area (Å²) in [5.41, 5.74) is 1.42. The molecule has 19 heavy (non-hydrogen) atoms. The Balaban J connectivity index is 2.03. The normalized spacial score (nSPS) is 12.4. The molecule has 0 bridgehead atoms. The fourth-order valence-corrected chi connectivity index (χ4v) is 1.71. The van der Waals surface area contributed by atoms with Crippen LogP contribution in [0.5, 0.6) is 5.75 Å². The molecule has 5 heteroatoms. The van der Waals surface area contributed by atoms with Crippen LogP contribution < -0.4 is 4.74 Å². The Bertz CT molecular complexity index is 552. The van der Waals surface area contributed by atoms with Crippen molar-refractivity contribution in [2.24, 2.45) is 0 Å². The van der Waals surface area contributed by atoms with Crippen LogP contribution >= 0.6 is 0 Å². The maximum atomic E-state index is 13.7. The van der Waals surface area contributed by atoms with E-state index in [0.717, 1.165) is 12.1 Å². The number of hydrogen-bond donors (Lipinski definition) is 1. The summed E-state index contributed by atoms with van der Waals surface area (Å²) in [5.74, 6) is -0.296. The van der Waals surface area contributed by atoms with E-state index in [4.69, 9.17) is 4.74 Å². The SMILES string of the molecule is CCn1cc(COc2ccc(C(C)O)cc2F)cn1. The minimum absolute atomic E-state index is 0.175. The Kier molecular flexibility index (Phi) is 4.16. The fraction of sp³-hybridized carbons (Fsp3) is 0.357. The van der Waals surface area contributed by atoms with Crippen LogP contribution in [0.1, 0.15) is 31.1 Å². The van der Waals surface area contributed by atoms with Gasteiger partial charge in [0.1, 0.15) is 6.61 Å². The van der Waals surface area contributed by atoms with Gasteiger partial charge < -0.3 is 9.84 Å². The van der Waals surface area contributed by atoms with Crippen molar-refractivity contribution in [2.45, 2.75) is 33.1 Å². The highest BCUT2D eigenvalue weighted by atomic mass is 19.1. The molecule has 0 radical (unpaired) electrons. The first-order valence-corrected chi connectivity index (χ1v) is 6.21. The van der Waals surface area contributed by atoms with Gasteiger partial charge in [-0.1, -0.05) is 6.07 Å². The summed E-state index contributed by atoms with van der Waals surface area (Å²) in [6, 6.07) is 4.47. The molecular weight excluding hydrogens is 247 g/mol. The van der Waals surface area contributed by atoms with E-state index in [1.807, 2.05) is 13.1 Å². The van der Waals surface area contributed by atoms with Gasteiger partial charge in [-0.05, 0) is 31.5 Å². The van der Waals surface area contributed by atoms with Gasteiger partial charge in [-0.15, -0.1) is 0 Å². The second-order valence-electron chi connectivity index (χ2n) is 4.36. The lowest BCUT2D eigenvalue weighted by atomic mass is 10.1. The van der Waals surface area contributed by atoms with E-state index in [9.17, 15) is 9.50 Å². The van der Waals surface area contributed by atoms with Crippen molar-refractivity contribution < 1.29 is 14.2 Å². The number of rotatable bonds is 5. The molecule has 0 aliphatic carbocycles. The summed E-state index contributed by atoms with van der Waals surface area (Å²) >= 11 is 0. The summed E-state index contributed by atoms with van der Waals surface area (Å²) in [6.45, 7) is 4.64. The third-order valence-corrected chi connectivity index (χ3v) is 2.84. The van der Waals surface area contributed by atoms with Crippen LogP contribution in [0, 0.1) is 5.82 Å². The molecule has 1 aromatic carbocycles. The van der Waals surface area contributed by atoms with Crippen LogP contribution in [-0.4, -0.2) is 14.9 Å². The average molecular weight is 264 g/mol. The minimum Gasteiger partial charge on any atom is -0.486 e. The molecule has 0 saturated carbocycles. The summed E-state index contributed by atoms with van der Waals surface area (Å²) in [4.78, 5) is 0. The van der Waals surface area contributed by atoms with Gasteiger partial charge in [-0.3, -0.25) is 4.68 Å². The van der Waals surface area contributed by atoms with Crippen molar-refractivity contribution in [3.05, 3.63) is 47.5 Å². The van der Waals surface area contributed by atoms with Gasteiger partial charge in [0.05, 0.1) is 12.3 Å². The fourth-order valence-electron chi connectivity index (χ4n) is 1.71. The standard InChI is InChI=1S/C14H17FN2O2/c1-3-17-8-11(7-16-17)9-19-14-5-4-12(10(2)18)6-13(14)15/h4-8,10,18H,3,9H2,1-2H3. The molecular formula is C14H17FN2O2. The van der Waals surface area contributed by atoms with E-state index in [1.54, 1.807) is 23.9 Å². The molecule has 0 spiro atoms. The maximum absolute atomic E-state index is 13.7. The predicted molar refractivity (Wildman–Crippen MR) is 69.3 cm³/mol. The first-order valence-electron chi connectivity index (χ1n) is 6.21.